The fourth-order valence-electron chi connectivity index (χ4n) is 1.32. The summed E-state index contributed by atoms with van der Waals surface area (Å²) in [6, 6.07) is 3.41. The van der Waals surface area contributed by atoms with E-state index in [-0.39, 0.29) is 18.6 Å². The molecule has 0 bridgehead atoms. The molecule has 0 spiro atoms. The van der Waals surface area contributed by atoms with Crippen molar-refractivity contribution in [1.29, 1.82) is 0 Å². The Balaban J connectivity index is 2.14. The zero-order valence-corrected chi connectivity index (χ0v) is 8.12. The summed E-state index contributed by atoms with van der Waals surface area (Å²) < 4.78 is 5.11. The first-order chi connectivity index (χ1) is 6.75. The summed E-state index contributed by atoms with van der Waals surface area (Å²) in [5, 5.41) is 3.25. The molecule has 4 nitrogen and oxygen atoms in total. The molecule has 1 atom stereocenters. The third-order valence-corrected chi connectivity index (χ3v) is 2.23. The van der Waals surface area contributed by atoms with Crippen molar-refractivity contribution in [2.75, 3.05) is 13.2 Å². The first-order valence-electron chi connectivity index (χ1n) is 4.24. The predicted octanol–water partition coefficient (Wildman–Crippen LogP) is 0.922. The number of hydrogen-bond donors (Lipinski definition) is 1. The van der Waals surface area contributed by atoms with E-state index in [1.165, 1.54) is 0 Å². The highest BCUT2D eigenvalue weighted by molar-refractivity contribution is 6.29. The summed E-state index contributed by atoms with van der Waals surface area (Å²) in [5.41, 5.74) is 0.905. The van der Waals surface area contributed by atoms with Crippen LogP contribution in [0.3, 0.4) is 0 Å². The molecular formula is C9H9ClN2O2. The number of ether oxygens (including phenoxy) is 1. The second-order valence-corrected chi connectivity index (χ2v) is 3.44. The van der Waals surface area contributed by atoms with Crippen LogP contribution in [-0.4, -0.2) is 24.1 Å². The van der Waals surface area contributed by atoms with Gasteiger partial charge >= 0.3 is 0 Å². The highest BCUT2D eigenvalue weighted by atomic mass is 35.5. The molecule has 1 aromatic rings. The van der Waals surface area contributed by atoms with E-state index in [2.05, 4.69) is 10.3 Å². The lowest BCUT2D eigenvalue weighted by Crippen LogP contribution is -2.39. The van der Waals surface area contributed by atoms with Crippen molar-refractivity contribution in [2.45, 2.75) is 6.04 Å². The van der Waals surface area contributed by atoms with E-state index in [0.717, 1.165) is 5.56 Å². The minimum absolute atomic E-state index is 0.101. The van der Waals surface area contributed by atoms with Gasteiger partial charge in [0, 0.05) is 6.20 Å². The number of aromatic nitrogens is 1. The van der Waals surface area contributed by atoms with Crippen molar-refractivity contribution in [1.82, 2.24) is 10.3 Å². The smallest absolute Gasteiger partial charge is 0.246 e. The first-order valence-corrected chi connectivity index (χ1v) is 4.62. The Kier molecular flexibility index (Phi) is 2.65. The Morgan fingerprint density at radius 1 is 1.57 bits per heavy atom. The molecule has 74 valence electrons. The van der Waals surface area contributed by atoms with Gasteiger partial charge in [0.1, 0.15) is 11.8 Å². The normalized spacial score (nSPS) is 21.8. The fraction of sp³-hybridized carbons (Fsp3) is 0.333. The van der Waals surface area contributed by atoms with E-state index >= 15 is 0 Å². The number of halogens is 1. The van der Waals surface area contributed by atoms with Crippen LogP contribution in [0.2, 0.25) is 5.15 Å². The average Bonchev–Trinajstić information content (AvgIpc) is 2.19. The Morgan fingerprint density at radius 3 is 3.07 bits per heavy atom. The SMILES string of the molecule is O=C1COC[C@H](c2ccc(Cl)nc2)N1. The standard InChI is InChI=1S/C9H9ClN2O2/c10-8-2-1-6(3-11-8)7-4-14-5-9(13)12-7/h1-3,7H,4-5H2,(H,12,13)/t7-/m1/s1. The maximum absolute atomic E-state index is 11.0. The number of carbonyl (C=O) groups excluding carboxylic acids is 1. The van der Waals surface area contributed by atoms with Crippen molar-refractivity contribution in [3.8, 4) is 0 Å². The minimum atomic E-state index is -0.110. The lowest BCUT2D eigenvalue weighted by atomic mass is 10.1. The molecule has 1 aromatic heterocycles. The van der Waals surface area contributed by atoms with Crippen LogP contribution in [-0.2, 0) is 9.53 Å². The molecule has 1 aliphatic heterocycles. The quantitative estimate of drug-likeness (QED) is 0.705. The number of pyridine rings is 1. The van der Waals surface area contributed by atoms with Crippen LogP contribution >= 0.6 is 11.6 Å². The van der Waals surface area contributed by atoms with E-state index in [1.54, 1.807) is 12.3 Å². The molecule has 0 aromatic carbocycles. The first kappa shape index (κ1) is 9.43. The van der Waals surface area contributed by atoms with Crippen molar-refractivity contribution < 1.29 is 9.53 Å². The van der Waals surface area contributed by atoms with Gasteiger partial charge in [-0.15, -0.1) is 0 Å². The van der Waals surface area contributed by atoms with Gasteiger partial charge in [-0.2, -0.15) is 0 Å². The molecule has 1 N–H and O–H groups in total. The zero-order valence-electron chi connectivity index (χ0n) is 7.37. The number of nitrogens with one attached hydrogen (secondary N) is 1. The summed E-state index contributed by atoms with van der Waals surface area (Å²) in [7, 11) is 0. The van der Waals surface area contributed by atoms with E-state index in [0.29, 0.717) is 11.8 Å². The fourth-order valence-corrected chi connectivity index (χ4v) is 1.43. The van der Waals surface area contributed by atoms with Gasteiger partial charge in [0.15, 0.2) is 0 Å². The molecule has 0 aliphatic carbocycles. The Labute approximate surface area is 86.2 Å². The monoisotopic (exact) mass is 212 g/mol. The Morgan fingerprint density at radius 2 is 2.43 bits per heavy atom. The third-order valence-electron chi connectivity index (χ3n) is 2.01. The molecule has 5 heteroatoms. The van der Waals surface area contributed by atoms with Crippen LogP contribution in [0.4, 0.5) is 0 Å². The zero-order chi connectivity index (χ0) is 9.97. The molecule has 1 fully saturated rings. The molecule has 2 heterocycles. The van der Waals surface area contributed by atoms with Crippen molar-refractivity contribution >= 4 is 17.5 Å². The van der Waals surface area contributed by atoms with E-state index < -0.39 is 0 Å². The topological polar surface area (TPSA) is 51.2 Å². The van der Waals surface area contributed by atoms with Crippen molar-refractivity contribution in [2.24, 2.45) is 0 Å². The highest BCUT2D eigenvalue weighted by Gasteiger charge is 2.20. The van der Waals surface area contributed by atoms with Gasteiger partial charge in [0.25, 0.3) is 0 Å². The van der Waals surface area contributed by atoms with Crippen LogP contribution in [0.25, 0.3) is 0 Å². The van der Waals surface area contributed by atoms with E-state index in [9.17, 15) is 4.79 Å². The Hall–Kier alpha value is -1.13. The van der Waals surface area contributed by atoms with Gasteiger partial charge in [-0.05, 0) is 11.6 Å². The molecule has 1 saturated heterocycles. The second kappa shape index (κ2) is 3.94. The molecule has 14 heavy (non-hydrogen) atoms. The van der Waals surface area contributed by atoms with E-state index in [1.807, 2.05) is 6.07 Å². The van der Waals surface area contributed by atoms with Crippen molar-refractivity contribution in [3.63, 3.8) is 0 Å². The number of hydrogen-bond acceptors (Lipinski definition) is 3. The maximum atomic E-state index is 11.0. The number of carbonyl (C=O) groups is 1. The molecule has 0 radical (unpaired) electrons. The molecule has 2 rings (SSSR count). The third kappa shape index (κ3) is 2.02. The number of morpholine rings is 1. The average molecular weight is 213 g/mol. The highest BCUT2D eigenvalue weighted by Crippen LogP contribution is 2.16. The van der Waals surface area contributed by atoms with Crippen LogP contribution in [0.15, 0.2) is 18.3 Å². The van der Waals surface area contributed by atoms with Gasteiger partial charge in [-0.3, -0.25) is 4.79 Å². The summed E-state index contributed by atoms with van der Waals surface area (Å²) in [5.74, 6) is -0.101. The molecule has 0 saturated carbocycles. The molecule has 1 amide bonds. The van der Waals surface area contributed by atoms with Crippen LogP contribution < -0.4 is 5.32 Å². The maximum Gasteiger partial charge on any atom is 0.246 e. The Bertz CT molecular complexity index is 339. The number of rotatable bonds is 1. The van der Waals surface area contributed by atoms with E-state index in [4.69, 9.17) is 16.3 Å². The van der Waals surface area contributed by atoms with Gasteiger partial charge < -0.3 is 10.1 Å². The largest absolute Gasteiger partial charge is 0.369 e. The molecular weight excluding hydrogens is 204 g/mol. The lowest BCUT2D eigenvalue weighted by Gasteiger charge is -2.23. The van der Waals surface area contributed by atoms with Gasteiger partial charge in [-0.1, -0.05) is 17.7 Å². The van der Waals surface area contributed by atoms with Crippen LogP contribution in [0, 0.1) is 0 Å². The lowest BCUT2D eigenvalue weighted by molar-refractivity contribution is -0.131. The van der Waals surface area contributed by atoms with Crippen LogP contribution in [0.5, 0.6) is 0 Å². The number of amides is 1. The van der Waals surface area contributed by atoms with Gasteiger partial charge in [0.2, 0.25) is 5.91 Å². The van der Waals surface area contributed by atoms with Crippen molar-refractivity contribution in [3.05, 3.63) is 29.0 Å². The number of nitrogens with zero attached hydrogens (tertiary/aromatic N) is 1. The predicted molar refractivity (Wildman–Crippen MR) is 50.9 cm³/mol. The summed E-state index contributed by atoms with van der Waals surface area (Å²) in [4.78, 5) is 15.0. The van der Waals surface area contributed by atoms with Gasteiger partial charge in [0.05, 0.1) is 12.6 Å². The second-order valence-electron chi connectivity index (χ2n) is 3.05. The molecule has 0 unspecified atom stereocenters. The summed E-state index contributed by atoms with van der Waals surface area (Å²) in [6.07, 6.45) is 1.64. The van der Waals surface area contributed by atoms with Crippen LogP contribution in [0.1, 0.15) is 11.6 Å². The van der Waals surface area contributed by atoms with Gasteiger partial charge in [-0.25, -0.2) is 4.98 Å². The summed E-state index contributed by atoms with van der Waals surface area (Å²) in [6.45, 7) is 0.618. The summed E-state index contributed by atoms with van der Waals surface area (Å²) >= 11 is 5.65. The molecule has 1 aliphatic rings. The minimum Gasteiger partial charge on any atom is -0.369 e.